The molecule has 0 saturated carbocycles. The summed E-state index contributed by atoms with van der Waals surface area (Å²) in [5, 5.41) is 17.8. The molecule has 1 atom stereocenters. The van der Waals surface area contributed by atoms with Crippen LogP contribution in [-0.2, 0) is 4.79 Å². The largest absolute Gasteiger partial charge is 0.481 e. The molecular formula is C9H11NO4. The summed E-state index contributed by atoms with van der Waals surface area (Å²) in [7, 11) is 1.43. The van der Waals surface area contributed by atoms with Crippen LogP contribution in [0.25, 0.3) is 0 Å². The highest BCUT2D eigenvalue weighted by molar-refractivity contribution is 5.74. The van der Waals surface area contributed by atoms with Crippen LogP contribution in [0.3, 0.4) is 0 Å². The molecular weight excluding hydrogens is 186 g/mol. The molecule has 0 aromatic carbocycles. The van der Waals surface area contributed by atoms with Crippen molar-refractivity contribution < 1.29 is 19.7 Å². The van der Waals surface area contributed by atoms with Crippen LogP contribution in [0.4, 0.5) is 0 Å². The van der Waals surface area contributed by atoms with Crippen LogP contribution in [0.1, 0.15) is 17.4 Å². The zero-order valence-electron chi connectivity index (χ0n) is 7.89. The number of hydrogen-bond acceptors (Lipinski definition) is 4. The predicted octanol–water partition coefficient (Wildman–Crippen LogP) is 0.517. The Morgan fingerprint density at radius 2 is 2.21 bits per heavy atom. The summed E-state index contributed by atoms with van der Waals surface area (Å²) >= 11 is 0. The van der Waals surface area contributed by atoms with E-state index in [4.69, 9.17) is 9.84 Å². The second-order valence-corrected chi connectivity index (χ2v) is 2.82. The van der Waals surface area contributed by atoms with E-state index in [2.05, 4.69) is 4.98 Å². The van der Waals surface area contributed by atoms with Gasteiger partial charge in [-0.15, -0.1) is 0 Å². The molecule has 0 radical (unpaired) electrons. The van der Waals surface area contributed by atoms with Gasteiger partial charge in [0.2, 0.25) is 5.88 Å². The minimum atomic E-state index is -1.54. The van der Waals surface area contributed by atoms with E-state index in [9.17, 15) is 9.90 Å². The fraction of sp³-hybridized carbons (Fsp3) is 0.333. The summed E-state index contributed by atoms with van der Waals surface area (Å²) in [6.45, 7) is 1.70. The third-order valence-corrected chi connectivity index (χ3v) is 1.71. The van der Waals surface area contributed by atoms with Crippen LogP contribution in [0.2, 0.25) is 0 Å². The average Bonchev–Trinajstić information content (AvgIpc) is 2.15. The third-order valence-electron chi connectivity index (χ3n) is 1.71. The Kier molecular flexibility index (Phi) is 3.03. The van der Waals surface area contributed by atoms with Gasteiger partial charge in [-0.3, -0.25) is 0 Å². The molecule has 1 unspecified atom stereocenters. The van der Waals surface area contributed by atoms with Gasteiger partial charge in [-0.1, -0.05) is 0 Å². The van der Waals surface area contributed by atoms with Crippen molar-refractivity contribution in [2.75, 3.05) is 7.11 Å². The Morgan fingerprint density at radius 3 is 2.71 bits per heavy atom. The van der Waals surface area contributed by atoms with Gasteiger partial charge < -0.3 is 14.9 Å². The number of aryl methyl sites for hydroxylation is 1. The van der Waals surface area contributed by atoms with Crippen molar-refractivity contribution in [1.82, 2.24) is 4.98 Å². The molecule has 0 saturated heterocycles. The van der Waals surface area contributed by atoms with E-state index in [0.29, 0.717) is 11.6 Å². The lowest BCUT2D eigenvalue weighted by Crippen LogP contribution is -2.11. The van der Waals surface area contributed by atoms with Crippen molar-refractivity contribution in [2.24, 2.45) is 0 Å². The van der Waals surface area contributed by atoms with E-state index in [1.807, 2.05) is 0 Å². The van der Waals surface area contributed by atoms with E-state index in [1.165, 1.54) is 19.2 Å². The monoisotopic (exact) mass is 197 g/mol. The van der Waals surface area contributed by atoms with Crippen molar-refractivity contribution in [1.29, 1.82) is 0 Å². The highest BCUT2D eigenvalue weighted by Crippen LogP contribution is 2.18. The molecule has 0 amide bonds. The maximum Gasteiger partial charge on any atom is 0.337 e. The van der Waals surface area contributed by atoms with Gasteiger partial charge in [0.15, 0.2) is 6.10 Å². The minimum Gasteiger partial charge on any atom is -0.481 e. The minimum absolute atomic E-state index is 0.266. The van der Waals surface area contributed by atoms with E-state index < -0.39 is 12.1 Å². The van der Waals surface area contributed by atoms with Gasteiger partial charge in [0.1, 0.15) is 0 Å². The first kappa shape index (κ1) is 10.5. The number of pyridine rings is 1. The van der Waals surface area contributed by atoms with E-state index >= 15 is 0 Å². The lowest BCUT2D eigenvalue weighted by Gasteiger charge is -2.08. The van der Waals surface area contributed by atoms with Crippen molar-refractivity contribution in [3.63, 3.8) is 0 Å². The summed E-state index contributed by atoms with van der Waals surface area (Å²) in [5.74, 6) is -1.00. The number of aliphatic hydroxyl groups is 1. The van der Waals surface area contributed by atoms with Crippen LogP contribution in [0.5, 0.6) is 5.88 Å². The van der Waals surface area contributed by atoms with Gasteiger partial charge in [-0.2, -0.15) is 0 Å². The van der Waals surface area contributed by atoms with E-state index in [-0.39, 0.29) is 5.56 Å². The molecule has 5 heteroatoms. The Balaban J connectivity index is 3.08. The zero-order chi connectivity index (χ0) is 10.7. The smallest absolute Gasteiger partial charge is 0.337 e. The lowest BCUT2D eigenvalue weighted by molar-refractivity contribution is -0.146. The Morgan fingerprint density at radius 1 is 1.57 bits per heavy atom. The number of rotatable bonds is 3. The van der Waals surface area contributed by atoms with Gasteiger partial charge in [-0.05, 0) is 18.6 Å². The number of aliphatic hydroxyl groups excluding tert-OH is 1. The number of ether oxygens (including phenoxy) is 1. The van der Waals surface area contributed by atoms with Gasteiger partial charge >= 0.3 is 5.97 Å². The summed E-state index contributed by atoms with van der Waals surface area (Å²) in [5.41, 5.74) is 0.863. The standard InChI is InChI=1S/C9H11NO4/c1-5-3-6(8(11)9(12)13)4-7(10-5)14-2/h3-4,8,11H,1-2H3,(H,12,13). The molecule has 0 spiro atoms. The number of carboxylic acids is 1. The molecule has 1 heterocycles. The second kappa shape index (κ2) is 4.06. The number of carboxylic acid groups (broad SMARTS) is 1. The zero-order valence-corrected chi connectivity index (χ0v) is 7.89. The van der Waals surface area contributed by atoms with Gasteiger partial charge in [0, 0.05) is 11.8 Å². The molecule has 0 aliphatic rings. The first-order valence-electron chi connectivity index (χ1n) is 3.98. The van der Waals surface area contributed by atoms with Crippen molar-refractivity contribution in [3.8, 4) is 5.88 Å². The fourth-order valence-corrected chi connectivity index (χ4v) is 1.07. The molecule has 1 rings (SSSR count). The molecule has 0 aliphatic carbocycles. The molecule has 76 valence electrons. The fourth-order valence-electron chi connectivity index (χ4n) is 1.07. The molecule has 0 fully saturated rings. The molecule has 5 nitrogen and oxygen atoms in total. The third kappa shape index (κ3) is 2.20. The van der Waals surface area contributed by atoms with Crippen LogP contribution < -0.4 is 4.74 Å². The molecule has 0 bridgehead atoms. The molecule has 14 heavy (non-hydrogen) atoms. The summed E-state index contributed by atoms with van der Waals surface area (Å²) in [4.78, 5) is 14.5. The summed E-state index contributed by atoms with van der Waals surface area (Å²) < 4.78 is 4.85. The maximum absolute atomic E-state index is 10.5. The summed E-state index contributed by atoms with van der Waals surface area (Å²) in [6, 6.07) is 2.90. The molecule has 1 aromatic heterocycles. The predicted molar refractivity (Wildman–Crippen MR) is 48.1 cm³/mol. The normalized spacial score (nSPS) is 12.2. The maximum atomic E-state index is 10.5. The average molecular weight is 197 g/mol. The van der Waals surface area contributed by atoms with E-state index in [0.717, 1.165) is 0 Å². The first-order chi connectivity index (χ1) is 6.54. The molecule has 0 aliphatic heterocycles. The number of hydrogen-bond donors (Lipinski definition) is 2. The van der Waals surface area contributed by atoms with Crippen molar-refractivity contribution in [2.45, 2.75) is 13.0 Å². The first-order valence-corrected chi connectivity index (χ1v) is 3.98. The Bertz CT molecular complexity index is 351. The highest BCUT2D eigenvalue weighted by Gasteiger charge is 2.17. The highest BCUT2D eigenvalue weighted by atomic mass is 16.5. The van der Waals surface area contributed by atoms with E-state index in [1.54, 1.807) is 6.92 Å². The van der Waals surface area contributed by atoms with Crippen molar-refractivity contribution in [3.05, 3.63) is 23.4 Å². The van der Waals surface area contributed by atoms with Gasteiger partial charge in [-0.25, -0.2) is 9.78 Å². The van der Waals surface area contributed by atoms with Crippen LogP contribution in [-0.4, -0.2) is 28.3 Å². The van der Waals surface area contributed by atoms with Gasteiger partial charge in [0.05, 0.1) is 7.11 Å². The number of carbonyl (C=O) groups is 1. The van der Waals surface area contributed by atoms with Crippen LogP contribution in [0.15, 0.2) is 12.1 Å². The molecule has 1 aromatic rings. The Labute approximate surface area is 81.0 Å². The number of nitrogens with zero attached hydrogens (tertiary/aromatic N) is 1. The number of aliphatic carboxylic acids is 1. The van der Waals surface area contributed by atoms with Crippen LogP contribution in [0, 0.1) is 6.92 Å². The topological polar surface area (TPSA) is 79.7 Å². The second-order valence-electron chi connectivity index (χ2n) is 2.82. The number of aromatic nitrogens is 1. The quantitative estimate of drug-likeness (QED) is 0.738. The van der Waals surface area contributed by atoms with Crippen LogP contribution >= 0.6 is 0 Å². The SMILES string of the molecule is COc1cc(C(O)C(=O)O)cc(C)n1. The molecule has 2 N–H and O–H groups in total. The lowest BCUT2D eigenvalue weighted by atomic mass is 10.1. The van der Waals surface area contributed by atoms with Crippen molar-refractivity contribution >= 4 is 5.97 Å². The van der Waals surface area contributed by atoms with Gasteiger partial charge in [0.25, 0.3) is 0 Å². The summed E-state index contributed by atoms with van der Waals surface area (Å²) in [6.07, 6.45) is -1.54. The number of methoxy groups -OCH3 is 1. The Hall–Kier alpha value is -1.62.